The highest BCUT2D eigenvalue weighted by Gasteiger charge is 2.31. The molecule has 122 valence electrons. The van der Waals surface area contributed by atoms with Gasteiger partial charge in [0, 0.05) is 24.8 Å². The molecular formula is C16H27F3N2. The number of halogens is 3. The molecule has 0 amide bonds. The fourth-order valence-electron chi connectivity index (χ4n) is 2.12. The summed E-state index contributed by atoms with van der Waals surface area (Å²) in [5, 5.41) is 0. The zero-order chi connectivity index (χ0) is 16.5. The Morgan fingerprint density at radius 3 is 2.29 bits per heavy atom. The van der Waals surface area contributed by atoms with E-state index in [4.69, 9.17) is 5.73 Å². The van der Waals surface area contributed by atoms with Crippen molar-refractivity contribution < 1.29 is 13.2 Å². The average Bonchev–Trinajstić information content (AvgIpc) is 2.51. The van der Waals surface area contributed by atoms with E-state index in [-0.39, 0.29) is 6.04 Å². The zero-order valence-electron chi connectivity index (χ0n) is 13.4. The molecule has 0 aromatic heterocycles. The highest BCUT2D eigenvalue weighted by molar-refractivity contribution is 5.49. The van der Waals surface area contributed by atoms with Gasteiger partial charge < -0.3 is 10.6 Å². The van der Waals surface area contributed by atoms with Gasteiger partial charge in [0.2, 0.25) is 0 Å². The molecule has 1 aliphatic rings. The van der Waals surface area contributed by atoms with Crippen LogP contribution in [0.15, 0.2) is 24.3 Å². The minimum Gasteiger partial charge on any atom is -0.370 e. The van der Waals surface area contributed by atoms with Gasteiger partial charge in [-0.3, -0.25) is 0 Å². The Balaban J connectivity index is 0.000000921. The van der Waals surface area contributed by atoms with E-state index in [0.29, 0.717) is 12.2 Å². The topological polar surface area (TPSA) is 29.3 Å². The molecule has 1 aromatic carbocycles. The lowest BCUT2D eigenvalue weighted by molar-refractivity contribution is -0.137. The van der Waals surface area contributed by atoms with Crippen LogP contribution in [0.5, 0.6) is 0 Å². The lowest BCUT2D eigenvalue weighted by atomic mass is 10.1. The molecule has 0 bridgehead atoms. The first-order valence-electron chi connectivity index (χ1n) is 7.64. The zero-order valence-corrected chi connectivity index (χ0v) is 13.4. The number of nitrogens with zero attached hydrogens (tertiary/aromatic N) is 1. The third kappa shape index (κ3) is 6.38. The molecule has 2 rings (SSSR count). The highest BCUT2D eigenvalue weighted by atomic mass is 19.4. The van der Waals surface area contributed by atoms with Gasteiger partial charge >= 0.3 is 6.18 Å². The number of rotatable bonds is 1. The third-order valence-corrected chi connectivity index (χ3v) is 3.00. The van der Waals surface area contributed by atoms with Crippen LogP contribution in [0.1, 0.15) is 46.1 Å². The first kappa shape index (κ1) is 19.8. The van der Waals surface area contributed by atoms with Gasteiger partial charge in [-0.25, -0.2) is 0 Å². The van der Waals surface area contributed by atoms with E-state index >= 15 is 0 Å². The molecular weight excluding hydrogens is 277 g/mol. The van der Waals surface area contributed by atoms with E-state index in [9.17, 15) is 13.2 Å². The normalized spacial score (nSPS) is 18.1. The number of alkyl halides is 3. The van der Waals surface area contributed by atoms with Crippen molar-refractivity contribution in [3.63, 3.8) is 0 Å². The number of hydrogen-bond acceptors (Lipinski definition) is 2. The number of hydrogen-bond donors (Lipinski definition) is 1. The number of anilines is 1. The molecule has 1 aliphatic heterocycles. The van der Waals surface area contributed by atoms with E-state index in [1.54, 1.807) is 6.07 Å². The molecule has 5 heteroatoms. The van der Waals surface area contributed by atoms with Crippen LogP contribution in [0.4, 0.5) is 18.9 Å². The van der Waals surface area contributed by atoms with E-state index in [1.165, 1.54) is 12.1 Å². The van der Waals surface area contributed by atoms with Crippen LogP contribution in [0, 0.1) is 0 Å². The molecule has 1 unspecified atom stereocenters. The SMILES string of the molecule is CC.CC.NC1CCCN(c2cccc(C(F)(F)F)c2)C1. The number of benzene rings is 1. The highest BCUT2D eigenvalue weighted by Crippen LogP contribution is 2.32. The Kier molecular flexibility index (Phi) is 9.09. The van der Waals surface area contributed by atoms with Crippen molar-refractivity contribution >= 4 is 5.69 Å². The van der Waals surface area contributed by atoms with Crippen LogP contribution in [-0.4, -0.2) is 19.1 Å². The smallest absolute Gasteiger partial charge is 0.370 e. The Hall–Kier alpha value is -1.23. The second-order valence-electron chi connectivity index (χ2n) is 4.40. The number of nitrogens with two attached hydrogens (primary N) is 1. The summed E-state index contributed by atoms with van der Waals surface area (Å²) in [6.45, 7) is 9.40. The summed E-state index contributed by atoms with van der Waals surface area (Å²) in [6.07, 6.45) is -2.42. The van der Waals surface area contributed by atoms with Crippen molar-refractivity contribution in [2.45, 2.75) is 52.8 Å². The second kappa shape index (κ2) is 9.66. The largest absolute Gasteiger partial charge is 0.416 e. The summed E-state index contributed by atoms with van der Waals surface area (Å²) in [5.74, 6) is 0. The Bertz CT molecular complexity index is 391. The minimum atomic E-state index is -4.28. The van der Waals surface area contributed by atoms with Crippen molar-refractivity contribution in [1.29, 1.82) is 0 Å². The molecule has 1 fully saturated rings. The van der Waals surface area contributed by atoms with Crippen LogP contribution in [0.2, 0.25) is 0 Å². The summed E-state index contributed by atoms with van der Waals surface area (Å²) < 4.78 is 37.7. The molecule has 2 N–H and O–H groups in total. The van der Waals surface area contributed by atoms with E-state index in [1.807, 2.05) is 32.6 Å². The fourth-order valence-corrected chi connectivity index (χ4v) is 2.12. The van der Waals surface area contributed by atoms with E-state index < -0.39 is 11.7 Å². The van der Waals surface area contributed by atoms with Gasteiger partial charge in [0.05, 0.1) is 5.56 Å². The van der Waals surface area contributed by atoms with Crippen LogP contribution in [0.25, 0.3) is 0 Å². The maximum Gasteiger partial charge on any atom is 0.416 e. The molecule has 1 heterocycles. The summed E-state index contributed by atoms with van der Waals surface area (Å²) in [7, 11) is 0. The van der Waals surface area contributed by atoms with E-state index in [0.717, 1.165) is 25.5 Å². The van der Waals surface area contributed by atoms with Crippen molar-refractivity contribution in [3.05, 3.63) is 29.8 Å². The molecule has 0 spiro atoms. The summed E-state index contributed by atoms with van der Waals surface area (Å²) >= 11 is 0. The molecule has 0 radical (unpaired) electrons. The first-order valence-corrected chi connectivity index (χ1v) is 7.64. The van der Waals surface area contributed by atoms with Crippen LogP contribution < -0.4 is 10.6 Å². The summed E-state index contributed by atoms with van der Waals surface area (Å²) in [4.78, 5) is 1.92. The van der Waals surface area contributed by atoms with Gasteiger partial charge in [0.1, 0.15) is 0 Å². The van der Waals surface area contributed by atoms with Crippen LogP contribution in [-0.2, 0) is 6.18 Å². The van der Waals surface area contributed by atoms with Gasteiger partial charge in [-0.15, -0.1) is 0 Å². The van der Waals surface area contributed by atoms with Crippen molar-refractivity contribution in [1.82, 2.24) is 0 Å². The second-order valence-corrected chi connectivity index (χ2v) is 4.40. The van der Waals surface area contributed by atoms with Crippen molar-refractivity contribution in [2.24, 2.45) is 5.73 Å². The maximum absolute atomic E-state index is 12.6. The standard InChI is InChI=1S/C12H15F3N2.2C2H6/c13-12(14,15)9-3-1-5-11(7-9)17-6-2-4-10(16)8-17;2*1-2/h1,3,5,7,10H,2,4,6,8,16H2;2*1-2H3. The van der Waals surface area contributed by atoms with Gasteiger partial charge in [-0.05, 0) is 31.0 Å². The molecule has 1 aromatic rings. The summed E-state index contributed by atoms with van der Waals surface area (Å²) in [6, 6.07) is 5.48. The number of piperidine rings is 1. The predicted molar refractivity (Wildman–Crippen MR) is 83.6 cm³/mol. The molecule has 0 aliphatic carbocycles. The summed E-state index contributed by atoms with van der Waals surface area (Å²) in [5.41, 5.74) is 5.83. The predicted octanol–water partition coefficient (Wildman–Crippen LogP) is 4.69. The molecule has 0 saturated carbocycles. The van der Waals surface area contributed by atoms with Crippen molar-refractivity contribution in [2.75, 3.05) is 18.0 Å². The van der Waals surface area contributed by atoms with E-state index in [2.05, 4.69) is 0 Å². The quantitative estimate of drug-likeness (QED) is 0.816. The lowest BCUT2D eigenvalue weighted by Gasteiger charge is -2.32. The molecule has 1 saturated heterocycles. The Morgan fingerprint density at radius 1 is 1.14 bits per heavy atom. The molecule has 1 atom stereocenters. The maximum atomic E-state index is 12.6. The molecule has 2 nitrogen and oxygen atoms in total. The lowest BCUT2D eigenvalue weighted by Crippen LogP contribution is -2.42. The van der Waals surface area contributed by atoms with Gasteiger partial charge in [0.15, 0.2) is 0 Å². The minimum absolute atomic E-state index is 0.0540. The fraction of sp³-hybridized carbons (Fsp3) is 0.625. The third-order valence-electron chi connectivity index (χ3n) is 3.00. The Morgan fingerprint density at radius 2 is 1.76 bits per heavy atom. The van der Waals surface area contributed by atoms with Gasteiger partial charge in [-0.2, -0.15) is 13.2 Å². The van der Waals surface area contributed by atoms with Crippen LogP contribution in [0.3, 0.4) is 0 Å². The van der Waals surface area contributed by atoms with Crippen molar-refractivity contribution in [3.8, 4) is 0 Å². The Labute approximate surface area is 126 Å². The van der Waals surface area contributed by atoms with Gasteiger partial charge in [-0.1, -0.05) is 33.8 Å². The molecule has 21 heavy (non-hydrogen) atoms. The monoisotopic (exact) mass is 304 g/mol. The van der Waals surface area contributed by atoms with Crippen LogP contribution >= 0.6 is 0 Å². The average molecular weight is 304 g/mol. The van der Waals surface area contributed by atoms with Gasteiger partial charge in [0.25, 0.3) is 0 Å². The first-order chi connectivity index (χ1) is 9.97.